The van der Waals surface area contributed by atoms with Crippen molar-refractivity contribution in [3.8, 4) is 0 Å². The molecule has 0 atom stereocenters. The van der Waals surface area contributed by atoms with Crippen LogP contribution in [0.3, 0.4) is 0 Å². The van der Waals surface area contributed by atoms with Gasteiger partial charge in [0, 0.05) is 6.42 Å². The number of ketones is 1. The topological polar surface area (TPSA) is 17.1 Å². The summed E-state index contributed by atoms with van der Waals surface area (Å²) in [6, 6.07) is 0. The molecule has 0 amide bonds. The van der Waals surface area contributed by atoms with E-state index in [0.29, 0.717) is 6.42 Å². The molecule has 0 spiro atoms. The first-order valence-electron chi connectivity index (χ1n) is 5.12. The molecule has 0 aromatic rings. The van der Waals surface area contributed by atoms with Crippen molar-refractivity contribution in [3.63, 3.8) is 0 Å². The van der Waals surface area contributed by atoms with E-state index in [0.717, 1.165) is 11.1 Å². The molecule has 0 unspecified atom stereocenters. The smallest absolute Gasteiger partial charge is 0.158 e. The van der Waals surface area contributed by atoms with Crippen molar-refractivity contribution < 1.29 is 4.79 Å². The highest BCUT2D eigenvalue weighted by atomic mass is 16.1. The Labute approximate surface area is 88.2 Å². The Morgan fingerprint density at radius 1 is 1.21 bits per heavy atom. The van der Waals surface area contributed by atoms with Gasteiger partial charge in [-0.25, -0.2) is 0 Å². The molecule has 0 radical (unpaired) electrons. The molecule has 0 bridgehead atoms. The molecule has 0 heterocycles. The lowest BCUT2D eigenvalue weighted by Gasteiger charge is -1.94. The van der Waals surface area contributed by atoms with Crippen LogP contribution in [0.2, 0.25) is 0 Å². The molecule has 0 aliphatic carbocycles. The summed E-state index contributed by atoms with van der Waals surface area (Å²) in [7, 11) is 0. The molecule has 0 saturated carbocycles. The molecule has 0 aliphatic rings. The number of carbonyl (C=O) groups excluding carboxylic acids is 1. The van der Waals surface area contributed by atoms with Gasteiger partial charge in [0.05, 0.1) is 0 Å². The van der Waals surface area contributed by atoms with Gasteiger partial charge in [0.1, 0.15) is 0 Å². The van der Waals surface area contributed by atoms with Crippen molar-refractivity contribution in [2.45, 2.75) is 41.0 Å². The highest BCUT2D eigenvalue weighted by molar-refractivity contribution is 5.94. The van der Waals surface area contributed by atoms with Gasteiger partial charge in [-0.05, 0) is 19.4 Å². The van der Waals surface area contributed by atoms with Gasteiger partial charge < -0.3 is 0 Å². The van der Waals surface area contributed by atoms with Crippen molar-refractivity contribution in [1.29, 1.82) is 0 Å². The highest BCUT2D eigenvalue weighted by Gasteiger charge is 1.97. The number of allylic oxidation sites excluding steroid dienone is 5. The Balaban J connectivity index is 0. The molecule has 0 N–H and O–H groups in total. The number of Topliss-reactive ketones (excluding diaryl/α,β-unsaturated/α-hetero) is 1. The number of hydrogen-bond acceptors (Lipinski definition) is 1. The maximum absolute atomic E-state index is 11.1. The summed E-state index contributed by atoms with van der Waals surface area (Å²) in [6.45, 7) is 13.3. The zero-order valence-electron chi connectivity index (χ0n) is 10.1. The second-order valence-electron chi connectivity index (χ2n) is 2.74. The highest BCUT2D eigenvalue weighted by Crippen LogP contribution is 2.01. The quantitative estimate of drug-likeness (QED) is 0.487. The standard InChI is InChI=1S/C11H16O.C2H6/c1-5-9(3)7-8-10(4)11(12)6-2;1-2/h5,7-8H,1,6H2,2-4H3;1-2H3/b9-7-,10-8+;. The van der Waals surface area contributed by atoms with Crippen molar-refractivity contribution >= 4 is 5.78 Å². The van der Waals surface area contributed by atoms with Crippen molar-refractivity contribution in [2.75, 3.05) is 0 Å². The fraction of sp³-hybridized carbons (Fsp3) is 0.462. The molecule has 0 rings (SSSR count). The number of rotatable bonds is 4. The van der Waals surface area contributed by atoms with Crippen LogP contribution in [0, 0.1) is 0 Å². The molecule has 1 heteroatoms. The predicted molar refractivity (Wildman–Crippen MR) is 64.4 cm³/mol. The van der Waals surface area contributed by atoms with Gasteiger partial charge in [0.2, 0.25) is 0 Å². The fourth-order valence-electron chi connectivity index (χ4n) is 0.696. The largest absolute Gasteiger partial charge is 0.295 e. The lowest BCUT2D eigenvalue weighted by molar-refractivity contribution is -0.115. The van der Waals surface area contributed by atoms with E-state index in [9.17, 15) is 4.79 Å². The number of hydrogen-bond donors (Lipinski definition) is 0. The van der Waals surface area contributed by atoms with Crippen LogP contribution in [0.5, 0.6) is 0 Å². The van der Waals surface area contributed by atoms with Gasteiger partial charge in [-0.2, -0.15) is 0 Å². The molecule has 0 saturated heterocycles. The van der Waals surface area contributed by atoms with Crippen LogP contribution in [0.1, 0.15) is 41.0 Å². The Hall–Kier alpha value is -1.11. The van der Waals surface area contributed by atoms with Crippen LogP contribution in [-0.4, -0.2) is 5.78 Å². The van der Waals surface area contributed by atoms with E-state index in [4.69, 9.17) is 0 Å². The predicted octanol–water partition coefficient (Wildman–Crippen LogP) is 4.07. The van der Waals surface area contributed by atoms with E-state index in [1.54, 1.807) is 6.08 Å². The number of carbonyl (C=O) groups is 1. The van der Waals surface area contributed by atoms with Crippen molar-refractivity contribution in [2.24, 2.45) is 0 Å². The van der Waals surface area contributed by atoms with Gasteiger partial charge in [0.15, 0.2) is 5.78 Å². The molecule has 14 heavy (non-hydrogen) atoms. The third-order valence-corrected chi connectivity index (χ3v) is 1.68. The Bertz CT molecular complexity index is 232. The lowest BCUT2D eigenvalue weighted by atomic mass is 10.1. The van der Waals surface area contributed by atoms with E-state index in [-0.39, 0.29) is 5.78 Å². The van der Waals surface area contributed by atoms with Crippen LogP contribution in [0.4, 0.5) is 0 Å². The second-order valence-corrected chi connectivity index (χ2v) is 2.74. The van der Waals surface area contributed by atoms with Crippen LogP contribution in [0.25, 0.3) is 0 Å². The van der Waals surface area contributed by atoms with Crippen LogP contribution >= 0.6 is 0 Å². The zero-order valence-corrected chi connectivity index (χ0v) is 10.1. The zero-order chi connectivity index (χ0) is 11.6. The van der Waals surface area contributed by atoms with Gasteiger partial charge in [-0.15, -0.1) is 0 Å². The van der Waals surface area contributed by atoms with E-state index in [1.165, 1.54) is 0 Å². The Kier molecular flexibility index (Phi) is 10.9. The van der Waals surface area contributed by atoms with Crippen molar-refractivity contribution in [1.82, 2.24) is 0 Å². The maximum Gasteiger partial charge on any atom is 0.158 e. The van der Waals surface area contributed by atoms with Gasteiger partial charge in [0.25, 0.3) is 0 Å². The van der Waals surface area contributed by atoms with Crippen LogP contribution < -0.4 is 0 Å². The van der Waals surface area contributed by atoms with Gasteiger partial charge in [-0.1, -0.05) is 51.2 Å². The molecule has 0 aromatic carbocycles. The SMILES string of the molecule is C=C/C(C)=C\C=C(/C)C(=O)CC.CC. The summed E-state index contributed by atoms with van der Waals surface area (Å²) in [6.07, 6.45) is 6.07. The Morgan fingerprint density at radius 3 is 2.07 bits per heavy atom. The van der Waals surface area contributed by atoms with E-state index < -0.39 is 0 Å². The average Bonchev–Trinajstić information content (AvgIpc) is 2.26. The summed E-state index contributed by atoms with van der Waals surface area (Å²) in [5, 5.41) is 0. The molecule has 1 nitrogen and oxygen atoms in total. The van der Waals surface area contributed by atoms with Crippen molar-refractivity contribution in [3.05, 3.63) is 36.0 Å². The van der Waals surface area contributed by atoms with Crippen LogP contribution in [0.15, 0.2) is 36.0 Å². The first-order chi connectivity index (χ1) is 6.61. The molecule has 80 valence electrons. The Morgan fingerprint density at radius 2 is 1.71 bits per heavy atom. The first kappa shape index (κ1) is 15.4. The first-order valence-corrected chi connectivity index (χ1v) is 5.12. The lowest BCUT2D eigenvalue weighted by Crippen LogP contribution is -1.95. The fourth-order valence-corrected chi connectivity index (χ4v) is 0.696. The monoisotopic (exact) mass is 194 g/mol. The van der Waals surface area contributed by atoms with E-state index in [2.05, 4.69) is 6.58 Å². The third-order valence-electron chi connectivity index (χ3n) is 1.68. The normalized spacial score (nSPS) is 11.5. The minimum absolute atomic E-state index is 0.197. The summed E-state index contributed by atoms with van der Waals surface area (Å²) in [5.41, 5.74) is 1.87. The average molecular weight is 194 g/mol. The minimum Gasteiger partial charge on any atom is -0.295 e. The third kappa shape index (κ3) is 7.53. The second kappa shape index (κ2) is 9.97. The molecule has 0 fully saturated rings. The molecular formula is C13H22O. The van der Waals surface area contributed by atoms with E-state index >= 15 is 0 Å². The van der Waals surface area contributed by atoms with E-state index in [1.807, 2.05) is 46.8 Å². The van der Waals surface area contributed by atoms with Gasteiger partial charge >= 0.3 is 0 Å². The summed E-state index contributed by atoms with van der Waals surface area (Å²) >= 11 is 0. The maximum atomic E-state index is 11.1. The van der Waals surface area contributed by atoms with Gasteiger partial charge in [-0.3, -0.25) is 4.79 Å². The summed E-state index contributed by atoms with van der Waals surface area (Å²) in [5.74, 6) is 0.197. The summed E-state index contributed by atoms with van der Waals surface area (Å²) in [4.78, 5) is 11.1. The summed E-state index contributed by atoms with van der Waals surface area (Å²) < 4.78 is 0. The molecule has 0 aromatic heterocycles. The minimum atomic E-state index is 0.197. The van der Waals surface area contributed by atoms with Crippen LogP contribution in [-0.2, 0) is 4.79 Å². The molecular weight excluding hydrogens is 172 g/mol. The molecule has 0 aliphatic heterocycles.